The van der Waals surface area contributed by atoms with E-state index in [4.69, 9.17) is 33.6 Å². The molecule has 11 heteroatoms. The van der Waals surface area contributed by atoms with Gasteiger partial charge in [-0.3, -0.25) is 0 Å². The number of hydrogen-bond acceptors (Lipinski definition) is 7. The van der Waals surface area contributed by atoms with Crippen molar-refractivity contribution in [3.05, 3.63) is 111 Å². The second kappa shape index (κ2) is 24.3. The van der Waals surface area contributed by atoms with Gasteiger partial charge in [-0.1, -0.05) is 171 Å². The van der Waals surface area contributed by atoms with Crippen LogP contribution in [-0.2, 0) is 37.9 Å². The molecular weight excluding hydrogens is 972 g/mol. The van der Waals surface area contributed by atoms with E-state index in [-0.39, 0.29) is 36.6 Å². The van der Waals surface area contributed by atoms with E-state index in [1.807, 2.05) is 48.5 Å². The van der Waals surface area contributed by atoms with Gasteiger partial charge in [-0.25, -0.2) is 15.0 Å². The van der Waals surface area contributed by atoms with Crippen LogP contribution >= 0.6 is 31.9 Å². The Balaban J connectivity index is 0.000000225. The number of aromatic nitrogens is 3. The highest BCUT2D eigenvalue weighted by atomic mass is 79.9. The number of aryl methyl sites for hydroxylation is 3. The maximum absolute atomic E-state index is 6.56. The summed E-state index contributed by atoms with van der Waals surface area (Å²) >= 11 is 7.01. The summed E-state index contributed by atoms with van der Waals surface area (Å²) in [6, 6.07) is 29.5. The van der Waals surface area contributed by atoms with E-state index >= 15 is 0 Å². The molecule has 5 aromatic rings. The molecule has 0 N–H and O–H groups in total. The molecule has 2 aliphatic rings. The first kappa shape index (κ1) is 54.2. The molecule has 1 aromatic heterocycles. The summed E-state index contributed by atoms with van der Waals surface area (Å²) in [7, 11) is -0.698. The fourth-order valence-electron chi connectivity index (χ4n) is 8.56. The molecule has 7 nitrogen and oxygen atoms in total. The summed E-state index contributed by atoms with van der Waals surface area (Å²) in [5, 5.41) is 0. The summed E-state index contributed by atoms with van der Waals surface area (Å²) in [6.07, 6.45) is 18.1. The third-order valence-electron chi connectivity index (χ3n) is 14.4. The van der Waals surface area contributed by atoms with Crippen LogP contribution in [0.25, 0.3) is 34.2 Å². The highest BCUT2D eigenvalue weighted by Crippen LogP contribution is 2.39. The Kier molecular flexibility index (Phi) is 19.3. The molecule has 7 rings (SSSR count). The van der Waals surface area contributed by atoms with Gasteiger partial charge in [0, 0.05) is 25.6 Å². The first-order valence-electron chi connectivity index (χ1n) is 25.6. The monoisotopic (exact) mass is 1050 g/mol. The fraction of sp³-hybridized carbons (Fsp3) is 0.526. The fourth-order valence-corrected chi connectivity index (χ4v) is 9.09. The van der Waals surface area contributed by atoms with Crippen LogP contribution in [0.4, 0.5) is 0 Å². The first-order chi connectivity index (χ1) is 32.4. The van der Waals surface area contributed by atoms with Crippen molar-refractivity contribution in [2.75, 3.05) is 0 Å². The van der Waals surface area contributed by atoms with Crippen molar-refractivity contribution in [1.29, 1.82) is 0 Å². The first-order valence-corrected chi connectivity index (χ1v) is 27.2. The number of nitrogens with zero attached hydrogens (tertiary/aromatic N) is 3. The molecule has 0 amide bonds. The van der Waals surface area contributed by atoms with E-state index in [0.717, 1.165) is 44.9 Å². The van der Waals surface area contributed by atoms with E-state index in [1.54, 1.807) is 0 Å². The molecule has 0 saturated carbocycles. The Morgan fingerprint density at radius 2 is 0.691 bits per heavy atom. The van der Waals surface area contributed by atoms with E-state index < -0.39 is 0 Å². The van der Waals surface area contributed by atoms with Gasteiger partial charge in [0.15, 0.2) is 17.5 Å². The predicted molar refractivity (Wildman–Crippen MR) is 293 cm³/mol. The molecule has 0 spiro atoms. The predicted octanol–water partition coefficient (Wildman–Crippen LogP) is 15.1. The normalized spacial score (nSPS) is 16.8. The Hall–Kier alpha value is -3.18. The average molecular weight is 1050 g/mol. The molecule has 0 radical (unpaired) electrons. The molecule has 2 aliphatic heterocycles. The van der Waals surface area contributed by atoms with E-state index in [9.17, 15) is 0 Å². The Labute approximate surface area is 427 Å². The van der Waals surface area contributed by atoms with Crippen molar-refractivity contribution in [3.63, 3.8) is 0 Å². The molecule has 0 bridgehead atoms. The minimum atomic E-state index is -0.358. The van der Waals surface area contributed by atoms with Crippen molar-refractivity contribution in [3.8, 4) is 34.2 Å². The number of unbranched alkanes of at least 4 members (excludes halogenated alkanes) is 9. The second-order valence-corrected chi connectivity index (χ2v) is 22.7. The molecule has 68 heavy (non-hydrogen) atoms. The van der Waals surface area contributed by atoms with Gasteiger partial charge >= 0.3 is 14.2 Å². The van der Waals surface area contributed by atoms with Crippen molar-refractivity contribution < 1.29 is 18.6 Å². The molecule has 0 unspecified atom stereocenters. The molecule has 4 aromatic carbocycles. The number of rotatable bonds is 20. The van der Waals surface area contributed by atoms with Gasteiger partial charge in [0.2, 0.25) is 0 Å². The zero-order chi connectivity index (χ0) is 49.1. The van der Waals surface area contributed by atoms with Crippen LogP contribution in [0.1, 0.15) is 170 Å². The summed E-state index contributed by atoms with van der Waals surface area (Å²) in [6.45, 7) is 23.9. The molecule has 3 heterocycles. The molecule has 2 saturated heterocycles. The third kappa shape index (κ3) is 14.0. The van der Waals surface area contributed by atoms with Gasteiger partial charge in [0.05, 0.1) is 22.4 Å². The van der Waals surface area contributed by atoms with Crippen LogP contribution in [0.5, 0.6) is 0 Å². The molecular formula is C57H77B2Br2N3O4. The zero-order valence-corrected chi connectivity index (χ0v) is 46.2. The van der Waals surface area contributed by atoms with Crippen LogP contribution in [0, 0.1) is 0 Å². The van der Waals surface area contributed by atoms with Gasteiger partial charge in [0.1, 0.15) is 0 Å². The van der Waals surface area contributed by atoms with Crippen molar-refractivity contribution >= 4 is 57.0 Å². The smallest absolute Gasteiger partial charge is 0.399 e. The highest BCUT2D eigenvalue weighted by molar-refractivity contribution is 9.10. The minimum absolute atomic E-state index is 0.349. The van der Waals surface area contributed by atoms with Gasteiger partial charge in [0.25, 0.3) is 0 Å². The van der Waals surface area contributed by atoms with Gasteiger partial charge in [-0.2, -0.15) is 0 Å². The van der Waals surface area contributed by atoms with Crippen LogP contribution in [-0.4, -0.2) is 51.6 Å². The second-order valence-electron chi connectivity index (χ2n) is 20.9. The average Bonchev–Trinajstić information content (AvgIpc) is 3.67. The van der Waals surface area contributed by atoms with Crippen molar-refractivity contribution in [1.82, 2.24) is 15.0 Å². The zero-order valence-electron chi connectivity index (χ0n) is 43.1. The molecule has 0 atom stereocenters. The van der Waals surface area contributed by atoms with Gasteiger partial charge in [-0.05, 0) is 146 Å². The lowest BCUT2D eigenvalue weighted by molar-refractivity contribution is 0.00578. The Morgan fingerprint density at radius 3 is 1.00 bits per heavy atom. The summed E-state index contributed by atoms with van der Waals surface area (Å²) in [4.78, 5) is 14.4. The lowest BCUT2D eigenvalue weighted by atomic mass is 9.67. The summed E-state index contributed by atoms with van der Waals surface area (Å²) in [5.41, 5.74) is 7.86. The largest absolute Gasteiger partial charge is 0.495 e. The minimum Gasteiger partial charge on any atom is -0.399 e. The van der Waals surface area contributed by atoms with Gasteiger partial charge in [-0.15, -0.1) is 0 Å². The highest BCUT2D eigenvalue weighted by Gasteiger charge is 2.54. The topological polar surface area (TPSA) is 75.6 Å². The van der Waals surface area contributed by atoms with E-state index in [2.05, 4.69) is 144 Å². The summed E-state index contributed by atoms with van der Waals surface area (Å²) in [5.74, 6) is 2.03. The number of hydrogen-bond donors (Lipinski definition) is 0. The lowest BCUT2D eigenvalue weighted by Crippen LogP contribution is -2.43. The lowest BCUT2D eigenvalue weighted by Gasteiger charge is -2.32. The standard InChI is InChI=1S/C30H52B2O4.C27H25Br2N3/c1-11-13-15-17-19-23-21-26(32-35-29(7,8)30(9,10)36-32)24(20-18-16-14-12-2)22-25(23)31-33-27(3,4)28(5,6)34-31;1-2-3-4-5-6-19-7-9-20(10-8-19)25-30-26(21-11-15-23(28)16-12-21)32-27(31-25)22-13-17-24(29)18-14-22/h21-22H,11-20H2,1-10H3;7-18H,2-6H2,1H3. The van der Waals surface area contributed by atoms with E-state index in [1.165, 1.54) is 105 Å². The van der Waals surface area contributed by atoms with Crippen LogP contribution in [0.15, 0.2) is 93.9 Å². The van der Waals surface area contributed by atoms with E-state index in [0.29, 0.717) is 17.5 Å². The third-order valence-corrected chi connectivity index (χ3v) is 15.4. The van der Waals surface area contributed by atoms with Gasteiger partial charge < -0.3 is 18.6 Å². The molecule has 364 valence electrons. The quantitative estimate of drug-likeness (QED) is 0.0568. The number of benzene rings is 4. The van der Waals surface area contributed by atoms with Crippen molar-refractivity contribution in [2.24, 2.45) is 0 Å². The van der Waals surface area contributed by atoms with Crippen molar-refractivity contribution in [2.45, 2.75) is 195 Å². The summed E-state index contributed by atoms with van der Waals surface area (Å²) < 4.78 is 28.3. The van der Waals surface area contributed by atoms with Crippen LogP contribution in [0.3, 0.4) is 0 Å². The SMILES string of the molecule is CCCCCCc1cc(B2OC(C)(C)C(C)(C)O2)c(CCCCCC)cc1B1OC(C)(C)C(C)(C)O1.CCCCCCc1ccc(-c2nc(-c3ccc(Br)cc3)nc(-c3ccc(Br)cc3)n2)cc1. The van der Waals surface area contributed by atoms with Crippen LogP contribution in [0.2, 0.25) is 0 Å². The maximum Gasteiger partial charge on any atom is 0.495 e. The maximum atomic E-state index is 6.56. The molecule has 2 fully saturated rings. The Bertz CT molecular complexity index is 2210. The molecule has 0 aliphatic carbocycles. The van der Waals surface area contributed by atoms with Crippen LogP contribution < -0.4 is 10.9 Å². The Morgan fingerprint density at radius 1 is 0.397 bits per heavy atom. The number of halogens is 2.